The third kappa shape index (κ3) is 3.74. The molecule has 2 heterocycles. The summed E-state index contributed by atoms with van der Waals surface area (Å²) in [6.07, 6.45) is 2.47. The Labute approximate surface area is 163 Å². The van der Waals surface area contributed by atoms with Crippen molar-refractivity contribution in [2.24, 2.45) is 0 Å². The minimum Gasteiger partial charge on any atom is -0.494 e. The number of benzene rings is 2. The van der Waals surface area contributed by atoms with Gasteiger partial charge in [0.2, 0.25) is 5.91 Å². The summed E-state index contributed by atoms with van der Waals surface area (Å²) >= 11 is 0. The summed E-state index contributed by atoms with van der Waals surface area (Å²) in [5.74, 6) is 0.675. The van der Waals surface area contributed by atoms with Gasteiger partial charge in [-0.05, 0) is 30.2 Å². The second-order valence-electron chi connectivity index (χ2n) is 6.65. The molecule has 4 aromatic rings. The number of aromatic nitrogens is 2. The monoisotopic (exact) mass is 371 g/mol. The van der Waals surface area contributed by atoms with Crippen LogP contribution in [0.3, 0.4) is 0 Å². The highest BCUT2D eigenvalue weighted by molar-refractivity contribution is 5.93. The number of hydrogen-bond donors (Lipinski definition) is 2. The molecule has 0 spiro atoms. The summed E-state index contributed by atoms with van der Waals surface area (Å²) < 4.78 is 1.90. The van der Waals surface area contributed by atoms with E-state index in [0.717, 1.165) is 22.0 Å². The van der Waals surface area contributed by atoms with E-state index in [1.165, 1.54) is 0 Å². The van der Waals surface area contributed by atoms with Gasteiger partial charge in [-0.3, -0.25) is 4.79 Å². The van der Waals surface area contributed by atoms with E-state index in [-0.39, 0.29) is 11.8 Å². The molecular weight excluding hydrogens is 350 g/mol. The molecule has 2 aromatic carbocycles. The van der Waals surface area contributed by atoms with Crippen LogP contribution in [0.2, 0.25) is 0 Å². The molecule has 4 rings (SSSR count). The van der Waals surface area contributed by atoms with Gasteiger partial charge < -0.3 is 15.0 Å². The Hall–Kier alpha value is -3.60. The van der Waals surface area contributed by atoms with Gasteiger partial charge in [-0.1, -0.05) is 54.6 Å². The number of amides is 1. The van der Waals surface area contributed by atoms with Crippen molar-refractivity contribution in [1.29, 1.82) is 0 Å². The van der Waals surface area contributed by atoms with Crippen molar-refractivity contribution in [3.8, 4) is 5.88 Å². The summed E-state index contributed by atoms with van der Waals surface area (Å²) in [7, 11) is 0. The average molecular weight is 371 g/mol. The van der Waals surface area contributed by atoms with Crippen molar-refractivity contribution < 1.29 is 9.90 Å². The molecule has 2 aromatic heterocycles. The van der Waals surface area contributed by atoms with Gasteiger partial charge in [0, 0.05) is 29.1 Å². The first-order chi connectivity index (χ1) is 13.7. The largest absolute Gasteiger partial charge is 0.494 e. The van der Waals surface area contributed by atoms with Crippen molar-refractivity contribution >= 4 is 22.5 Å². The number of rotatable bonds is 6. The van der Waals surface area contributed by atoms with E-state index in [2.05, 4.69) is 10.3 Å². The lowest BCUT2D eigenvalue weighted by Gasteiger charge is -2.11. The highest BCUT2D eigenvalue weighted by atomic mass is 16.3. The third-order valence-corrected chi connectivity index (χ3v) is 4.77. The van der Waals surface area contributed by atoms with Gasteiger partial charge in [-0.2, -0.15) is 0 Å². The molecule has 0 aliphatic carbocycles. The molecule has 0 aliphatic heterocycles. The number of nitrogens with zero attached hydrogens (tertiary/aromatic N) is 2. The number of anilines is 1. The Bertz CT molecular complexity index is 1090. The van der Waals surface area contributed by atoms with Gasteiger partial charge in [0.1, 0.15) is 5.82 Å². The number of carbonyl (C=O) groups is 1. The number of aromatic hydroxyl groups is 1. The minimum absolute atomic E-state index is 0.102. The summed E-state index contributed by atoms with van der Waals surface area (Å²) in [4.78, 5) is 16.5. The van der Waals surface area contributed by atoms with Crippen LogP contribution in [0.5, 0.6) is 5.88 Å². The molecular formula is C23H21N3O2. The molecule has 140 valence electrons. The van der Waals surface area contributed by atoms with Crippen LogP contribution in [-0.4, -0.2) is 20.6 Å². The summed E-state index contributed by atoms with van der Waals surface area (Å²) in [5.41, 5.74) is 2.05. The fraction of sp³-hybridized carbons (Fsp3) is 0.130. The maximum absolute atomic E-state index is 12.4. The second kappa shape index (κ2) is 7.96. The zero-order chi connectivity index (χ0) is 19.3. The lowest BCUT2D eigenvalue weighted by atomic mass is 10.1. The molecule has 0 saturated heterocycles. The lowest BCUT2D eigenvalue weighted by molar-refractivity contribution is -0.116. The van der Waals surface area contributed by atoms with Gasteiger partial charge in [0.05, 0.1) is 6.54 Å². The van der Waals surface area contributed by atoms with E-state index in [0.29, 0.717) is 25.2 Å². The molecule has 0 atom stereocenters. The maximum atomic E-state index is 12.4. The number of carbonyl (C=O) groups excluding carboxylic acids is 1. The maximum Gasteiger partial charge on any atom is 0.225 e. The van der Waals surface area contributed by atoms with Crippen LogP contribution in [0.4, 0.5) is 5.82 Å². The fourth-order valence-corrected chi connectivity index (χ4v) is 3.43. The molecule has 2 N–H and O–H groups in total. The predicted molar refractivity (Wildman–Crippen MR) is 110 cm³/mol. The zero-order valence-electron chi connectivity index (χ0n) is 15.4. The van der Waals surface area contributed by atoms with Gasteiger partial charge in [-0.25, -0.2) is 4.98 Å². The zero-order valence-corrected chi connectivity index (χ0v) is 15.4. The molecule has 28 heavy (non-hydrogen) atoms. The van der Waals surface area contributed by atoms with Crippen LogP contribution in [0, 0.1) is 0 Å². The van der Waals surface area contributed by atoms with Crippen LogP contribution >= 0.6 is 0 Å². The second-order valence-corrected chi connectivity index (χ2v) is 6.65. The normalized spacial score (nSPS) is 10.9. The number of nitrogens with one attached hydrogen (secondary N) is 1. The van der Waals surface area contributed by atoms with Crippen molar-refractivity contribution in [2.45, 2.75) is 19.4 Å². The molecule has 0 fully saturated rings. The van der Waals surface area contributed by atoms with Crippen LogP contribution in [-0.2, 0) is 17.8 Å². The summed E-state index contributed by atoms with van der Waals surface area (Å²) in [6, 6.07) is 23.1. The number of hydrogen-bond acceptors (Lipinski definition) is 3. The Morgan fingerprint density at radius 2 is 1.64 bits per heavy atom. The number of aryl methyl sites for hydroxylation is 1. The quantitative estimate of drug-likeness (QED) is 0.529. The van der Waals surface area contributed by atoms with Gasteiger partial charge in [0.25, 0.3) is 0 Å². The number of pyridine rings is 1. The van der Waals surface area contributed by atoms with Crippen molar-refractivity contribution in [3.63, 3.8) is 0 Å². The average Bonchev–Trinajstić information content (AvgIpc) is 2.99. The van der Waals surface area contributed by atoms with Crippen molar-refractivity contribution in [3.05, 3.63) is 90.3 Å². The minimum atomic E-state index is -0.102. The van der Waals surface area contributed by atoms with Gasteiger partial charge in [0.15, 0.2) is 5.88 Å². The molecule has 0 bridgehead atoms. The Kier molecular flexibility index (Phi) is 5.06. The van der Waals surface area contributed by atoms with E-state index in [1.807, 2.05) is 65.2 Å². The molecule has 0 unspecified atom stereocenters. The van der Waals surface area contributed by atoms with E-state index in [1.54, 1.807) is 18.3 Å². The van der Waals surface area contributed by atoms with Crippen LogP contribution < -0.4 is 5.32 Å². The highest BCUT2D eigenvalue weighted by Gasteiger charge is 2.17. The van der Waals surface area contributed by atoms with E-state index >= 15 is 0 Å². The van der Waals surface area contributed by atoms with Crippen LogP contribution in [0.1, 0.15) is 17.7 Å². The fourth-order valence-electron chi connectivity index (χ4n) is 3.43. The van der Waals surface area contributed by atoms with Crippen molar-refractivity contribution in [2.75, 3.05) is 5.32 Å². The topological polar surface area (TPSA) is 67.2 Å². The van der Waals surface area contributed by atoms with Crippen LogP contribution in [0.15, 0.2) is 79.0 Å². The third-order valence-electron chi connectivity index (χ3n) is 4.77. The Balaban J connectivity index is 1.60. The Morgan fingerprint density at radius 1 is 0.929 bits per heavy atom. The standard InChI is InChI=1S/C23H21N3O2/c27-22(25-21-12-6-7-15-24-21)14-13-20-18-10-4-5-11-19(18)23(28)26(20)16-17-8-2-1-3-9-17/h1-12,15,28H,13-14,16H2,(H,24,25,27). The lowest BCUT2D eigenvalue weighted by Crippen LogP contribution is -2.14. The SMILES string of the molecule is O=C(CCc1c2ccccc2c(O)n1Cc1ccccc1)Nc1ccccn1. The smallest absolute Gasteiger partial charge is 0.225 e. The van der Waals surface area contributed by atoms with E-state index < -0.39 is 0 Å². The molecule has 1 amide bonds. The molecule has 0 aliphatic rings. The van der Waals surface area contributed by atoms with Crippen LogP contribution in [0.25, 0.3) is 10.8 Å². The molecule has 5 heteroatoms. The molecule has 0 radical (unpaired) electrons. The van der Waals surface area contributed by atoms with E-state index in [4.69, 9.17) is 0 Å². The highest BCUT2D eigenvalue weighted by Crippen LogP contribution is 2.33. The van der Waals surface area contributed by atoms with Gasteiger partial charge in [-0.15, -0.1) is 0 Å². The summed E-state index contributed by atoms with van der Waals surface area (Å²) in [5, 5.41) is 15.4. The predicted octanol–water partition coefficient (Wildman–Crippen LogP) is 4.36. The molecule has 0 saturated carbocycles. The van der Waals surface area contributed by atoms with E-state index in [9.17, 15) is 9.90 Å². The first-order valence-corrected chi connectivity index (χ1v) is 9.26. The first kappa shape index (κ1) is 17.8. The number of fused-ring (bicyclic) bond motifs is 1. The summed E-state index contributed by atoms with van der Waals surface area (Å²) in [6.45, 7) is 0.554. The Morgan fingerprint density at radius 3 is 2.39 bits per heavy atom. The van der Waals surface area contributed by atoms with Gasteiger partial charge >= 0.3 is 0 Å². The van der Waals surface area contributed by atoms with Crippen molar-refractivity contribution in [1.82, 2.24) is 9.55 Å². The first-order valence-electron chi connectivity index (χ1n) is 9.26. The molecule has 5 nitrogen and oxygen atoms in total.